The van der Waals surface area contributed by atoms with E-state index in [1.54, 1.807) is 85.2 Å². The molecule has 2 unspecified atom stereocenters. The molecule has 12 atom stereocenters. The zero-order chi connectivity index (χ0) is 90.7. The molecule has 0 saturated carbocycles. The van der Waals surface area contributed by atoms with Crippen LogP contribution < -0.4 is 58.3 Å². The molecule has 3 aliphatic heterocycles. The van der Waals surface area contributed by atoms with Crippen LogP contribution in [0, 0.1) is 0 Å². The number of amides is 14. The summed E-state index contributed by atoms with van der Waals surface area (Å²) in [7, 11) is 5.31. The summed E-state index contributed by atoms with van der Waals surface area (Å²) in [6.07, 6.45) is 2.66. The number of aromatic amines is 3. The number of hydrogen-bond acceptors (Lipinski definition) is 21. The van der Waals surface area contributed by atoms with Crippen molar-refractivity contribution in [2.45, 2.75) is 196 Å². The molecular formula is C84H111N19O21S. The van der Waals surface area contributed by atoms with Gasteiger partial charge in [-0.3, -0.25) is 81.5 Å². The predicted molar refractivity (Wildman–Crippen MR) is 454 cm³/mol. The summed E-state index contributed by atoms with van der Waals surface area (Å²) in [6.45, 7) is 1.80. The number of carboxylic acid groups (broad SMARTS) is 3. The Balaban J connectivity index is 1.04. The van der Waals surface area contributed by atoms with E-state index >= 15 is 24.0 Å². The number of nitrogens with two attached hydrogens (primary N) is 1. The zero-order valence-electron chi connectivity index (χ0n) is 70.5. The van der Waals surface area contributed by atoms with Gasteiger partial charge in [0.25, 0.3) is 0 Å². The van der Waals surface area contributed by atoms with E-state index in [0.29, 0.717) is 57.1 Å². The highest BCUT2D eigenvalue weighted by atomic mass is 32.2. The molecule has 41 heteroatoms. The number of aromatic nitrogens is 4. The lowest BCUT2D eigenvalue weighted by atomic mass is 10.0. The first-order valence-corrected chi connectivity index (χ1v) is 42.6. The average Bonchev–Trinajstić information content (AvgIpc) is 1.72. The minimum absolute atomic E-state index is 0.0148. The Hall–Kier alpha value is -13.0. The van der Waals surface area contributed by atoms with Gasteiger partial charge < -0.3 is 113 Å². The molecule has 6 aromatic rings. The normalized spacial score (nSPS) is 24.0. The van der Waals surface area contributed by atoms with E-state index in [4.69, 9.17) is 10.5 Å². The first kappa shape index (κ1) is 95.9. The smallest absolute Gasteiger partial charge is 0.305 e. The number of hydrogen-bond donors (Lipinski definition) is 16. The van der Waals surface area contributed by atoms with Crippen LogP contribution in [0.2, 0.25) is 0 Å². The molecule has 9 rings (SSSR count). The summed E-state index contributed by atoms with van der Waals surface area (Å²) in [5.41, 5.74) is 9.39. The highest BCUT2D eigenvalue weighted by Crippen LogP contribution is 2.27. The van der Waals surface area contributed by atoms with Gasteiger partial charge in [0.15, 0.2) is 0 Å². The summed E-state index contributed by atoms with van der Waals surface area (Å²) in [5.74, 6) is -16.5. The van der Waals surface area contributed by atoms with Crippen LogP contribution in [0.3, 0.4) is 0 Å². The van der Waals surface area contributed by atoms with Crippen LogP contribution in [0.15, 0.2) is 97.7 Å². The topological polar surface area (TPSA) is 571 Å². The Morgan fingerprint density at radius 2 is 1.04 bits per heavy atom. The van der Waals surface area contributed by atoms with Crippen LogP contribution in [0.4, 0.5) is 0 Å². The van der Waals surface area contributed by atoms with Gasteiger partial charge in [-0.15, -0.1) is 0 Å². The van der Waals surface area contributed by atoms with Crippen molar-refractivity contribution in [3.05, 3.63) is 120 Å². The maximum Gasteiger partial charge on any atom is 0.305 e. The van der Waals surface area contributed by atoms with Gasteiger partial charge >= 0.3 is 17.9 Å². The molecule has 674 valence electrons. The number of benzene rings is 3. The SMILES string of the molecule is CCCC[C@H]1C(=O)N[C@@H](CCC(=O)O)C(=O)NCCSCC(=O)N[C@@H](Cc2ccc(OC)cc2)C(=O)N(C)[C@@H](C)C(=O)N[C@@H](CC(=O)O)C(=O)N2CCCC2C(=O)N[C@@H](Cc2cnc[nH]2)C(=O)N[C@@H](CCC(=O)O)C(=O)N2CCCC2C(=O)N[C@@H](Cc2c[nH]c3ccccc23)C(=O)N[C@@H](CCN)C(=O)N[C@@H](Cc2c[nH]c3ccccc23)C(=O)N(C)CC(=O)N1C. The number of ether oxygens (including phenoxy) is 1. The highest BCUT2D eigenvalue weighted by Gasteiger charge is 2.45. The fourth-order valence-corrected chi connectivity index (χ4v) is 16.0. The van der Waals surface area contributed by atoms with Crippen molar-refractivity contribution in [3.63, 3.8) is 0 Å². The standard InChI is InChI=1S/C84H111N19O21S/c1-7-8-19-65-78(117)93-57(26-28-70(106)107)74(113)87-32-35-125-45-68(104)91-62(36-48-22-24-52(124-6)25-23-48)82(121)100(4)47(2)73(112)97-64(40-72(110)111)84(123)103-34-14-21-67(103)80(119)96-61(39-51-43-86-46-90-51)77(116)94-59(27-29-71(108)109)83(122)102-33-13-20-66(102)79(118)95-60(37-49-41-88-55-17-11-9-15-53(49)55)76(115)92-58(30-31-85)75(114)98-63(81(120)99(3)44-69(105)101(65)5)38-50-42-89-56-18-12-10-16-54(50)56/h9-12,15-18,22-25,41-43,46-47,57-67,88-89H,7-8,13-14,19-21,26-40,44-45,85H2,1-6H3,(H,86,90)(H,87,113)(H,91,104)(H,92,115)(H,93,117)(H,94,116)(H,95,118)(H,96,119)(H,97,112)(H,98,114)(H,106,107)(H,108,109)(H,110,111)/t47-,57-,58-,59-,60-,61-,62-,63-,64-,65-,66?,67?/m0/s1. The number of unbranched alkanes of at least 4 members (excludes halogenated alkanes) is 1. The zero-order valence-corrected chi connectivity index (χ0v) is 71.3. The molecule has 0 spiro atoms. The van der Waals surface area contributed by atoms with Crippen LogP contribution in [-0.2, 0) is 107 Å². The maximum atomic E-state index is 15.2. The highest BCUT2D eigenvalue weighted by molar-refractivity contribution is 7.99. The predicted octanol–water partition coefficient (Wildman–Crippen LogP) is -0.750. The lowest BCUT2D eigenvalue weighted by molar-refractivity contribution is -0.147. The maximum absolute atomic E-state index is 15.2. The molecule has 6 heterocycles. The third kappa shape index (κ3) is 26.5. The number of nitrogens with zero attached hydrogens (tertiary/aromatic N) is 6. The van der Waals surface area contributed by atoms with E-state index in [1.165, 1.54) is 47.7 Å². The number of thioether (sulfide) groups is 1. The molecule has 3 fully saturated rings. The number of para-hydroxylation sites is 2. The summed E-state index contributed by atoms with van der Waals surface area (Å²) in [5, 5.41) is 55.4. The molecule has 3 saturated heterocycles. The van der Waals surface area contributed by atoms with Crippen molar-refractivity contribution < 1.29 is 102 Å². The van der Waals surface area contributed by atoms with Crippen LogP contribution in [0.1, 0.15) is 120 Å². The third-order valence-corrected chi connectivity index (χ3v) is 23.4. The number of H-pyrrole nitrogens is 3. The van der Waals surface area contributed by atoms with E-state index in [-0.39, 0.29) is 108 Å². The molecule has 0 aliphatic carbocycles. The first-order valence-electron chi connectivity index (χ1n) is 41.5. The van der Waals surface area contributed by atoms with E-state index in [9.17, 15) is 72.9 Å². The van der Waals surface area contributed by atoms with Gasteiger partial charge in [-0.1, -0.05) is 68.3 Å². The molecule has 125 heavy (non-hydrogen) atoms. The molecule has 0 bridgehead atoms. The Labute approximate surface area is 724 Å². The summed E-state index contributed by atoms with van der Waals surface area (Å²) < 4.78 is 5.31. The lowest BCUT2D eigenvalue weighted by Crippen LogP contribution is -2.61. The largest absolute Gasteiger partial charge is 0.497 e. The molecule has 40 nitrogen and oxygen atoms in total. The number of methoxy groups -OCH3 is 1. The Morgan fingerprint density at radius 3 is 1.60 bits per heavy atom. The Bertz CT molecular complexity index is 4870. The van der Waals surface area contributed by atoms with Gasteiger partial charge in [-0.05, 0) is 106 Å². The van der Waals surface area contributed by atoms with Crippen molar-refractivity contribution in [3.8, 4) is 5.75 Å². The molecule has 3 aliphatic rings. The van der Waals surface area contributed by atoms with Crippen molar-refractivity contribution in [1.82, 2.24) is 92.3 Å². The summed E-state index contributed by atoms with van der Waals surface area (Å²) >= 11 is 1.01. The number of aliphatic carboxylic acids is 3. The monoisotopic (exact) mass is 1750 g/mol. The van der Waals surface area contributed by atoms with Crippen molar-refractivity contribution in [1.29, 1.82) is 0 Å². The van der Waals surface area contributed by atoms with E-state index in [2.05, 4.69) is 67.8 Å². The Morgan fingerprint density at radius 1 is 0.528 bits per heavy atom. The van der Waals surface area contributed by atoms with Crippen LogP contribution in [0.25, 0.3) is 21.8 Å². The molecule has 14 amide bonds. The van der Waals surface area contributed by atoms with Crippen molar-refractivity contribution in [2.75, 3.05) is 72.5 Å². The number of likely N-dealkylation sites (N-methyl/N-ethyl adjacent to an activating group) is 3. The van der Waals surface area contributed by atoms with Crippen LogP contribution in [-0.4, -0.2) is 305 Å². The number of imidazole rings is 1. The molecule has 0 radical (unpaired) electrons. The number of rotatable bonds is 22. The van der Waals surface area contributed by atoms with Gasteiger partial charge in [0, 0.05) is 131 Å². The van der Waals surface area contributed by atoms with Crippen molar-refractivity contribution in [2.24, 2.45) is 5.73 Å². The average molecular weight is 1750 g/mol. The molecule has 17 N–H and O–H groups in total. The van der Waals surface area contributed by atoms with Crippen LogP contribution in [0.5, 0.6) is 5.75 Å². The fraction of sp³-hybridized carbons (Fsp3) is 0.500. The number of carboxylic acids is 3. The molecule has 3 aromatic carbocycles. The summed E-state index contributed by atoms with van der Waals surface area (Å²) in [6, 6.07) is 2.49. The van der Waals surface area contributed by atoms with Gasteiger partial charge in [0.05, 0.1) is 32.2 Å². The number of fused-ring (bicyclic) bond motifs is 4. The van der Waals surface area contributed by atoms with Crippen molar-refractivity contribution >= 4 is 134 Å². The quantitative estimate of drug-likeness (QED) is 0.0398. The van der Waals surface area contributed by atoms with E-state index in [0.717, 1.165) is 36.3 Å². The number of nitrogens with one attached hydrogen (secondary N) is 12. The third-order valence-electron chi connectivity index (χ3n) is 22.4. The van der Waals surface area contributed by atoms with Crippen LogP contribution >= 0.6 is 11.8 Å². The molecule has 3 aromatic heterocycles. The first-order chi connectivity index (χ1) is 59.8. The lowest BCUT2D eigenvalue weighted by Gasteiger charge is -2.32. The second-order valence-corrected chi connectivity index (χ2v) is 32.4. The minimum atomic E-state index is -1.87. The fourth-order valence-electron chi connectivity index (χ4n) is 15.4. The van der Waals surface area contributed by atoms with E-state index in [1.807, 2.05) is 6.92 Å². The second kappa shape index (κ2) is 46.0. The minimum Gasteiger partial charge on any atom is -0.497 e. The second-order valence-electron chi connectivity index (χ2n) is 31.3. The number of carbonyl (C=O) groups is 17. The Kier molecular flexibility index (Phi) is 35.3. The number of carbonyl (C=O) groups excluding carboxylic acids is 14. The van der Waals surface area contributed by atoms with Gasteiger partial charge in [-0.2, -0.15) is 11.8 Å². The van der Waals surface area contributed by atoms with Gasteiger partial charge in [-0.25, -0.2) is 4.98 Å². The summed E-state index contributed by atoms with van der Waals surface area (Å²) in [4.78, 5) is 262. The van der Waals surface area contributed by atoms with E-state index < -0.39 is 212 Å². The van der Waals surface area contributed by atoms with Gasteiger partial charge in [0.2, 0.25) is 82.7 Å². The van der Waals surface area contributed by atoms with Gasteiger partial charge in [0.1, 0.15) is 78.3 Å². The molecular weight excluding hydrogens is 1640 g/mol.